The number of likely N-dealkylation sites (N-methyl/N-ethyl adjacent to an activating group) is 1. The number of hydrogen-bond donors (Lipinski definition) is 0. The molecule has 1 amide bonds. The van der Waals surface area contributed by atoms with Crippen LogP contribution in [0.2, 0.25) is 0 Å². The minimum absolute atomic E-state index is 0.0857. The van der Waals surface area contributed by atoms with Crippen LogP contribution in [0.3, 0.4) is 0 Å². The van der Waals surface area contributed by atoms with Gasteiger partial charge in [0.15, 0.2) is 0 Å². The van der Waals surface area contributed by atoms with Crippen molar-refractivity contribution in [1.82, 2.24) is 9.80 Å². The van der Waals surface area contributed by atoms with Gasteiger partial charge < -0.3 is 4.90 Å². The normalized spacial score (nSPS) is 24.7. The van der Waals surface area contributed by atoms with Gasteiger partial charge in [-0.05, 0) is 18.4 Å². The minimum Gasteiger partial charge on any atom is -0.344 e. The summed E-state index contributed by atoms with van der Waals surface area (Å²) in [6.07, 6.45) is 2.48. The molecule has 102 valence electrons. The van der Waals surface area contributed by atoms with Crippen molar-refractivity contribution < 1.29 is 4.79 Å². The maximum absolute atomic E-state index is 12.3. The van der Waals surface area contributed by atoms with E-state index in [-0.39, 0.29) is 17.4 Å². The summed E-state index contributed by atoms with van der Waals surface area (Å²) in [6.45, 7) is 9.07. The van der Waals surface area contributed by atoms with Gasteiger partial charge in [0.05, 0.1) is 12.5 Å². The Bertz CT molecular complexity index is 332. The van der Waals surface area contributed by atoms with Gasteiger partial charge in [-0.15, -0.1) is 0 Å². The topological polar surface area (TPSA) is 47.3 Å². The molecule has 1 atom stereocenters. The largest absolute Gasteiger partial charge is 0.344 e. The molecule has 4 heteroatoms. The van der Waals surface area contributed by atoms with Crippen LogP contribution in [0.1, 0.15) is 40.0 Å². The summed E-state index contributed by atoms with van der Waals surface area (Å²) >= 11 is 0. The summed E-state index contributed by atoms with van der Waals surface area (Å²) < 4.78 is 0. The Morgan fingerprint density at radius 1 is 1.44 bits per heavy atom. The van der Waals surface area contributed by atoms with Crippen LogP contribution in [0.5, 0.6) is 0 Å². The van der Waals surface area contributed by atoms with Crippen LogP contribution in [-0.4, -0.2) is 48.4 Å². The molecule has 18 heavy (non-hydrogen) atoms. The smallest absolute Gasteiger partial charge is 0.240 e. The molecule has 1 aliphatic heterocycles. The average Bonchev–Trinajstić information content (AvgIpc) is 2.36. The van der Waals surface area contributed by atoms with Crippen LogP contribution in [0.25, 0.3) is 0 Å². The van der Waals surface area contributed by atoms with Crippen molar-refractivity contribution in [2.24, 2.45) is 5.41 Å². The van der Waals surface area contributed by atoms with Gasteiger partial charge in [-0.25, -0.2) is 0 Å². The van der Waals surface area contributed by atoms with Crippen molar-refractivity contribution in [3.05, 3.63) is 0 Å². The van der Waals surface area contributed by atoms with Gasteiger partial charge >= 0.3 is 0 Å². The summed E-state index contributed by atoms with van der Waals surface area (Å²) in [5, 5.41) is 8.94. The summed E-state index contributed by atoms with van der Waals surface area (Å²) in [5.74, 6) is 0.0956. The molecule has 1 aliphatic rings. The zero-order chi connectivity index (χ0) is 13.8. The standard InChI is InChI=1S/C14H25N3O/c1-5-6-9-17-11-14(2,3)10-16(4)13(18)12(17)7-8-15/h12H,5-7,9-11H2,1-4H3. The van der Waals surface area contributed by atoms with Crippen LogP contribution in [0.15, 0.2) is 0 Å². The fraction of sp³-hybridized carbons (Fsp3) is 0.857. The van der Waals surface area contributed by atoms with E-state index in [0.717, 1.165) is 32.5 Å². The number of hydrogen-bond acceptors (Lipinski definition) is 3. The predicted octanol–water partition coefficient (Wildman–Crippen LogP) is 1.87. The zero-order valence-electron chi connectivity index (χ0n) is 12.1. The number of nitriles is 1. The van der Waals surface area contributed by atoms with Crippen LogP contribution in [0.4, 0.5) is 0 Å². The number of nitrogens with zero attached hydrogens (tertiary/aromatic N) is 3. The fourth-order valence-corrected chi connectivity index (χ4v) is 2.74. The summed E-state index contributed by atoms with van der Waals surface area (Å²) in [6, 6.07) is 1.90. The van der Waals surface area contributed by atoms with Gasteiger partial charge in [-0.2, -0.15) is 5.26 Å². The zero-order valence-corrected chi connectivity index (χ0v) is 12.1. The second kappa shape index (κ2) is 6.19. The van der Waals surface area contributed by atoms with Crippen LogP contribution in [-0.2, 0) is 4.79 Å². The molecule has 1 rings (SSSR count). The maximum Gasteiger partial charge on any atom is 0.240 e. The highest BCUT2D eigenvalue weighted by Gasteiger charge is 2.37. The van der Waals surface area contributed by atoms with Crippen molar-refractivity contribution in [2.75, 3.05) is 26.7 Å². The molecule has 1 fully saturated rings. The monoisotopic (exact) mass is 251 g/mol. The number of amides is 1. The first kappa shape index (κ1) is 15.0. The molecule has 0 saturated carbocycles. The Kier molecular flexibility index (Phi) is 5.15. The average molecular weight is 251 g/mol. The first-order valence-electron chi connectivity index (χ1n) is 6.77. The summed E-state index contributed by atoms with van der Waals surface area (Å²) in [7, 11) is 1.85. The first-order valence-corrected chi connectivity index (χ1v) is 6.77. The molecular formula is C14H25N3O. The third-order valence-electron chi connectivity index (χ3n) is 3.48. The van der Waals surface area contributed by atoms with Crippen LogP contribution < -0.4 is 0 Å². The molecule has 0 aliphatic carbocycles. The van der Waals surface area contributed by atoms with E-state index >= 15 is 0 Å². The lowest BCUT2D eigenvalue weighted by atomic mass is 9.92. The quantitative estimate of drug-likeness (QED) is 0.766. The van der Waals surface area contributed by atoms with Gasteiger partial charge in [-0.1, -0.05) is 27.2 Å². The van der Waals surface area contributed by atoms with Crippen molar-refractivity contribution >= 4 is 5.91 Å². The number of unbranched alkanes of at least 4 members (excludes halogenated alkanes) is 1. The van der Waals surface area contributed by atoms with Gasteiger partial charge in [0, 0.05) is 20.1 Å². The molecule has 1 heterocycles. The molecule has 0 N–H and O–H groups in total. The lowest BCUT2D eigenvalue weighted by Gasteiger charge is -2.31. The highest BCUT2D eigenvalue weighted by Crippen LogP contribution is 2.25. The molecule has 1 unspecified atom stereocenters. The first-order chi connectivity index (χ1) is 8.41. The van der Waals surface area contributed by atoms with E-state index in [1.807, 2.05) is 7.05 Å². The third kappa shape index (κ3) is 3.71. The molecular weight excluding hydrogens is 226 g/mol. The van der Waals surface area contributed by atoms with E-state index in [1.165, 1.54) is 0 Å². The van der Waals surface area contributed by atoms with E-state index < -0.39 is 0 Å². The SMILES string of the molecule is CCCCN1CC(C)(C)CN(C)C(=O)C1CC#N. The molecule has 0 aromatic heterocycles. The van der Waals surface area contributed by atoms with Gasteiger partial charge in [0.25, 0.3) is 0 Å². The van der Waals surface area contributed by atoms with Crippen LogP contribution >= 0.6 is 0 Å². The Morgan fingerprint density at radius 2 is 2.11 bits per heavy atom. The van der Waals surface area contributed by atoms with Crippen molar-refractivity contribution in [2.45, 2.75) is 46.1 Å². The van der Waals surface area contributed by atoms with Crippen LogP contribution in [0, 0.1) is 16.7 Å². The van der Waals surface area contributed by atoms with Gasteiger partial charge in [0.1, 0.15) is 6.04 Å². The molecule has 0 bridgehead atoms. The number of rotatable bonds is 4. The van der Waals surface area contributed by atoms with Gasteiger partial charge in [0.2, 0.25) is 5.91 Å². The molecule has 0 aromatic rings. The van der Waals surface area contributed by atoms with E-state index in [9.17, 15) is 4.79 Å². The Hall–Kier alpha value is -1.08. The van der Waals surface area contributed by atoms with E-state index in [1.54, 1.807) is 4.90 Å². The minimum atomic E-state index is -0.256. The Balaban J connectivity index is 2.92. The van der Waals surface area contributed by atoms with E-state index in [0.29, 0.717) is 6.42 Å². The highest BCUT2D eigenvalue weighted by molar-refractivity contribution is 5.82. The lowest BCUT2D eigenvalue weighted by Crippen LogP contribution is -2.45. The fourth-order valence-electron chi connectivity index (χ4n) is 2.74. The molecule has 1 saturated heterocycles. The maximum atomic E-state index is 12.3. The third-order valence-corrected chi connectivity index (χ3v) is 3.48. The van der Waals surface area contributed by atoms with Crippen molar-refractivity contribution in [3.8, 4) is 6.07 Å². The number of carbonyl (C=O) groups is 1. The second-order valence-electron chi connectivity index (χ2n) is 6.06. The lowest BCUT2D eigenvalue weighted by molar-refractivity contribution is -0.134. The molecule has 0 aromatic carbocycles. The summed E-state index contributed by atoms with van der Waals surface area (Å²) in [5.41, 5.74) is 0.0857. The van der Waals surface area contributed by atoms with Crippen molar-refractivity contribution in [3.63, 3.8) is 0 Å². The molecule has 0 radical (unpaired) electrons. The second-order valence-corrected chi connectivity index (χ2v) is 6.06. The Labute approximate surface area is 111 Å². The summed E-state index contributed by atoms with van der Waals surface area (Å²) in [4.78, 5) is 16.3. The van der Waals surface area contributed by atoms with E-state index in [2.05, 4.69) is 31.7 Å². The molecule has 4 nitrogen and oxygen atoms in total. The highest BCUT2D eigenvalue weighted by atomic mass is 16.2. The van der Waals surface area contributed by atoms with Crippen molar-refractivity contribution in [1.29, 1.82) is 5.26 Å². The molecule has 0 spiro atoms. The van der Waals surface area contributed by atoms with Gasteiger partial charge in [-0.3, -0.25) is 9.69 Å². The Morgan fingerprint density at radius 3 is 2.67 bits per heavy atom. The van der Waals surface area contributed by atoms with E-state index in [4.69, 9.17) is 5.26 Å². The number of carbonyl (C=O) groups excluding carboxylic acids is 1. The predicted molar refractivity (Wildman–Crippen MR) is 71.9 cm³/mol.